The van der Waals surface area contributed by atoms with Gasteiger partial charge in [-0.1, -0.05) is 50.1 Å². The van der Waals surface area contributed by atoms with Gasteiger partial charge in [-0.3, -0.25) is 0 Å². The molecule has 2 aliphatic rings. The molecule has 0 spiro atoms. The molecule has 0 bridgehead atoms. The first-order chi connectivity index (χ1) is 13.3. The van der Waals surface area contributed by atoms with Crippen LogP contribution in [0.3, 0.4) is 0 Å². The Labute approximate surface area is 167 Å². The summed E-state index contributed by atoms with van der Waals surface area (Å²) < 4.78 is 5.63. The van der Waals surface area contributed by atoms with E-state index in [9.17, 15) is 0 Å². The Morgan fingerprint density at radius 3 is 2.07 bits per heavy atom. The van der Waals surface area contributed by atoms with E-state index in [2.05, 4.69) is 43.8 Å². The summed E-state index contributed by atoms with van der Waals surface area (Å²) in [6.07, 6.45) is 17.5. The normalized spacial score (nSPS) is 28.8. The van der Waals surface area contributed by atoms with Crippen LogP contribution < -0.4 is 0 Å². The summed E-state index contributed by atoms with van der Waals surface area (Å²) in [5.41, 5.74) is 2.80. The summed E-state index contributed by atoms with van der Waals surface area (Å²) in [4.78, 5) is 0. The molecule has 1 aromatic rings. The van der Waals surface area contributed by atoms with Gasteiger partial charge in [0.15, 0.2) is 0 Å². The monoisotopic (exact) mass is 368 g/mol. The highest BCUT2D eigenvalue weighted by atomic mass is 16.5. The van der Waals surface area contributed by atoms with Crippen LogP contribution in [-0.4, -0.2) is 6.61 Å². The second-order valence-electron chi connectivity index (χ2n) is 9.10. The van der Waals surface area contributed by atoms with Gasteiger partial charge >= 0.3 is 0 Å². The van der Waals surface area contributed by atoms with Gasteiger partial charge in [-0.05, 0) is 92.6 Å². The Hall–Kier alpha value is -1.08. The summed E-state index contributed by atoms with van der Waals surface area (Å²) in [5.74, 6) is 3.81. The van der Waals surface area contributed by atoms with Crippen LogP contribution in [0.1, 0.15) is 82.3 Å². The SMILES string of the molecule is C=C[C@H]1CC[C@H](C2CCC(CCc3ccc(COCCC)cc3)CC2)CC1. The molecule has 27 heavy (non-hydrogen) atoms. The van der Waals surface area contributed by atoms with E-state index in [4.69, 9.17) is 4.74 Å². The lowest BCUT2D eigenvalue weighted by Gasteiger charge is -2.37. The van der Waals surface area contributed by atoms with Crippen LogP contribution in [0.5, 0.6) is 0 Å². The zero-order valence-corrected chi connectivity index (χ0v) is 17.5. The Morgan fingerprint density at radius 1 is 0.889 bits per heavy atom. The molecule has 2 aliphatic carbocycles. The average molecular weight is 369 g/mol. The number of benzene rings is 1. The molecule has 2 fully saturated rings. The molecule has 0 atom stereocenters. The predicted molar refractivity (Wildman–Crippen MR) is 116 cm³/mol. The molecule has 0 radical (unpaired) electrons. The van der Waals surface area contributed by atoms with E-state index in [0.29, 0.717) is 0 Å². The van der Waals surface area contributed by atoms with E-state index in [-0.39, 0.29) is 0 Å². The highest BCUT2D eigenvalue weighted by molar-refractivity contribution is 5.22. The summed E-state index contributed by atoms with van der Waals surface area (Å²) in [7, 11) is 0. The number of rotatable bonds is 9. The molecule has 3 rings (SSSR count). The van der Waals surface area contributed by atoms with E-state index in [1.807, 2.05) is 0 Å². The van der Waals surface area contributed by atoms with Crippen molar-refractivity contribution >= 4 is 0 Å². The van der Waals surface area contributed by atoms with Crippen molar-refractivity contribution in [2.24, 2.45) is 23.7 Å². The Bertz CT molecular complexity index is 530. The molecule has 150 valence electrons. The third-order valence-electron chi connectivity index (χ3n) is 7.19. The molecule has 0 aliphatic heterocycles. The van der Waals surface area contributed by atoms with Gasteiger partial charge in [-0.2, -0.15) is 0 Å². The van der Waals surface area contributed by atoms with Gasteiger partial charge in [-0.15, -0.1) is 6.58 Å². The number of hydrogen-bond acceptors (Lipinski definition) is 1. The molecule has 1 aromatic carbocycles. The lowest BCUT2D eigenvalue weighted by atomic mass is 9.68. The number of hydrogen-bond donors (Lipinski definition) is 0. The van der Waals surface area contributed by atoms with Crippen molar-refractivity contribution in [3.8, 4) is 0 Å². The first-order valence-electron chi connectivity index (χ1n) is 11.6. The fraction of sp³-hybridized carbons (Fsp3) is 0.692. The van der Waals surface area contributed by atoms with Crippen LogP contribution in [0.15, 0.2) is 36.9 Å². The third kappa shape index (κ3) is 6.49. The summed E-state index contributed by atoms with van der Waals surface area (Å²) in [6, 6.07) is 9.13. The second-order valence-corrected chi connectivity index (χ2v) is 9.10. The van der Waals surface area contributed by atoms with Gasteiger partial charge in [0.25, 0.3) is 0 Å². The maximum Gasteiger partial charge on any atom is 0.0716 e. The van der Waals surface area contributed by atoms with Gasteiger partial charge in [0.05, 0.1) is 6.61 Å². The molecule has 1 heteroatoms. The molecule has 1 nitrogen and oxygen atoms in total. The fourth-order valence-electron chi connectivity index (χ4n) is 5.31. The maximum absolute atomic E-state index is 5.63. The second kappa shape index (κ2) is 11.1. The Kier molecular flexibility index (Phi) is 8.45. The topological polar surface area (TPSA) is 9.23 Å². The van der Waals surface area contributed by atoms with Crippen LogP contribution in [0.25, 0.3) is 0 Å². The minimum atomic E-state index is 0.757. The van der Waals surface area contributed by atoms with Crippen LogP contribution in [0, 0.1) is 23.7 Å². The highest BCUT2D eigenvalue weighted by Crippen LogP contribution is 2.42. The zero-order valence-electron chi connectivity index (χ0n) is 17.5. The number of aryl methyl sites for hydroxylation is 1. The summed E-state index contributed by atoms with van der Waals surface area (Å²) >= 11 is 0. The largest absolute Gasteiger partial charge is 0.377 e. The van der Waals surface area contributed by atoms with Crippen LogP contribution >= 0.6 is 0 Å². The van der Waals surface area contributed by atoms with Crippen molar-refractivity contribution in [2.45, 2.75) is 84.2 Å². The van der Waals surface area contributed by atoms with E-state index in [0.717, 1.165) is 43.3 Å². The molecule has 0 unspecified atom stereocenters. The lowest BCUT2D eigenvalue weighted by Crippen LogP contribution is -2.25. The summed E-state index contributed by atoms with van der Waals surface area (Å²) in [6.45, 7) is 7.77. The van der Waals surface area contributed by atoms with Gasteiger partial charge < -0.3 is 4.74 Å². The van der Waals surface area contributed by atoms with Crippen molar-refractivity contribution in [1.82, 2.24) is 0 Å². The van der Waals surface area contributed by atoms with Crippen LogP contribution in [0.2, 0.25) is 0 Å². The number of ether oxygens (including phenoxy) is 1. The van der Waals surface area contributed by atoms with Crippen LogP contribution in [-0.2, 0) is 17.8 Å². The minimum Gasteiger partial charge on any atom is -0.377 e. The van der Waals surface area contributed by atoms with Gasteiger partial charge in [-0.25, -0.2) is 0 Å². The smallest absolute Gasteiger partial charge is 0.0716 e. The van der Waals surface area contributed by atoms with Crippen LogP contribution in [0.4, 0.5) is 0 Å². The Morgan fingerprint density at radius 2 is 1.48 bits per heavy atom. The molecular formula is C26H40O. The van der Waals surface area contributed by atoms with E-state index in [1.54, 1.807) is 0 Å². The molecule has 0 heterocycles. The van der Waals surface area contributed by atoms with Gasteiger partial charge in [0, 0.05) is 6.61 Å². The molecule has 0 saturated heterocycles. The predicted octanol–water partition coefficient (Wildman–Crippen LogP) is 7.34. The van der Waals surface area contributed by atoms with Crippen molar-refractivity contribution in [1.29, 1.82) is 0 Å². The van der Waals surface area contributed by atoms with Crippen molar-refractivity contribution < 1.29 is 4.74 Å². The Balaban J connectivity index is 1.34. The maximum atomic E-state index is 5.63. The van der Waals surface area contributed by atoms with Gasteiger partial charge in [0.2, 0.25) is 0 Å². The highest BCUT2D eigenvalue weighted by Gasteiger charge is 2.30. The first kappa shape index (κ1) is 20.6. The lowest BCUT2D eigenvalue weighted by molar-refractivity contribution is 0.121. The zero-order chi connectivity index (χ0) is 18.9. The standard InChI is InChI=1S/C26H40O/c1-3-19-27-20-24-9-7-22(8-10-24)5-6-23-13-17-26(18-14-23)25-15-11-21(4-2)12-16-25/h4,7-10,21,23,25-26H,2-3,5-6,11-20H2,1H3/t21-,23?,25-,26?. The molecule has 2 saturated carbocycles. The average Bonchev–Trinajstić information content (AvgIpc) is 2.74. The molecular weight excluding hydrogens is 328 g/mol. The van der Waals surface area contributed by atoms with Crippen molar-refractivity contribution in [3.05, 3.63) is 48.0 Å². The van der Waals surface area contributed by atoms with E-state index in [1.165, 1.54) is 75.3 Å². The number of allylic oxidation sites excluding steroid dienone is 1. The summed E-state index contributed by atoms with van der Waals surface area (Å²) in [5, 5.41) is 0. The quantitative estimate of drug-likeness (QED) is 0.327. The van der Waals surface area contributed by atoms with E-state index < -0.39 is 0 Å². The van der Waals surface area contributed by atoms with Gasteiger partial charge in [0.1, 0.15) is 0 Å². The molecule has 0 aromatic heterocycles. The molecule has 0 N–H and O–H groups in total. The minimum absolute atomic E-state index is 0.757. The van der Waals surface area contributed by atoms with Crippen molar-refractivity contribution in [2.75, 3.05) is 6.61 Å². The van der Waals surface area contributed by atoms with E-state index >= 15 is 0 Å². The molecule has 0 amide bonds. The fourth-order valence-corrected chi connectivity index (χ4v) is 5.31. The van der Waals surface area contributed by atoms with Crippen molar-refractivity contribution in [3.63, 3.8) is 0 Å². The first-order valence-corrected chi connectivity index (χ1v) is 11.6. The third-order valence-corrected chi connectivity index (χ3v) is 7.19.